The minimum Gasteiger partial charge on any atom is -0.393 e. The van der Waals surface area contributed by atoms with E-state index < -0.39 is 5.60 Å². The Labute approximate surface area is 80.0 Å². The lowest BCUT2D eigenvalue weighted by Crippen LogP contribution is -2.37. The molecule has 0 aromatic carbocycles. The number of aliphatic hydroxyl groups excluding tert-OH is 1. The fourth-order valence-electron chi connectivity index (χ4n) is 2.86. The van der Waals surface area contributed by atoms with Crippen LogP contribution in [0.3, 0.4) is 0 Å². The first kappa shape index (κ1) is 9.47. The molecule has 2 nitrogen and oxygen atoms in total. The molecule has 13 heavy (non-hydrogen) atoms. The lowest BCUT2D eigenvalue weighted by Gasteiger charge is -2.35. The van der Waals surface area contributed by atoms with Crippen molar-refractivity contribution in [3.8, 4) is 0 Å². The van der Waals surface area contributed by atoms with Crippen molar-refractivity contribution in [2.24, 2.45) is 5.92 Å². The molecule has 0 amide bonds. The minimum atomic E-state index is -0.534. The van der Waals surface area contributed by atoms with E-state index in [9.17, 15) is 10.2 Å². The molecule has 0 aromatic rings. The van der Waals surface area contributed by atoms with Crippen LogP contribution in [0.15, 0.2) is 0 Å². The van der Waals surface area contributed by atoms with E-state index in [2.05, 4.69) is 6.42 Å². The van der Waals surface area contributed by atoms with E-state index in [1.807, 2.05) is 0 Å². The van der Waals surface area contributed by atoms with Crippen LogP contribution in [0.25, 0.3) is 0 Å². The lowest BCUT2D eigenvalue weighted by molar-refractivity contribution is -0.0323. The zero-order valence-corrected chi connectivity index (χ0v) is 8.08. The summed E-state index contributed by atoms with van der Waals surface area (Å²) in [4.78, 5) is 0. The van der Waals surface area contributed by atoms with Crippen LogP contribution >= 0.6 is 0 Å². The first-order valence-corrected chi connectivity index (χ1v) is 5.43. The second-order valence-corrected chi connectivity index (χ2v) is 4.64. The van der Waals surface area contributed by atoms with Crippen molar-refractivity contribution in [1.82, 2.24) is 0 Å². The van der Waals surface area contributed by atoms with Crippen molar-refractivity contribution in [2.75, 3.05) is 0 Å². The van der Waals surface area contributed by atoms with Crippen LogP contribution in [0.2, 0.25) is 0 Å². The summed E-state index contributed by atoms with van der Waals surface area (Å²) in [6.45, 7) is 0. The average Bonchev–Trinajstić information content (AvgIpc) is 2.49. The molecule has 2 aliphatic rings. The van der Waals surface area contributed by atoms with E-state index in [0.717, 1.165) is 38.5 Å². The zero-order chi connectivity index (χ0) is 9.31. The molecule has 0 bridgehead atoms. The monoisotopic (exact) mass is 183 g/mol. The molecule has 0 aromatic heterocycles. The van der Waals surface area contributed by atoms with Gasteiger partial charge in [-0.05, 0) is 50.9 Å². The van der Waals surface area contributed by atoms with E-state index in [-0.39, 0.29) is 6.10 Å². The molecule has 2 aliphatic carbocycles. The first-order valence-electron chi connectivity index (χ1n) is 5.43. The molecule has 0 saturated heterocycles. The summed E-state index contributed by atoms with van der Waals surface area (Å²) in [7, 11) is 0. The molecule has 2 saturated carbocycles. The molecule has 0 heterocycles. The van der Waals surface area contributed by atoms with Gasteiger partial charge in [-0.25, -0.2) is 0 Å². The molecule has 2 N–H and O–H groups in total. The quantitative estimate of drug-likeness (QED) is 0.649. The van der Waals surface area contributed by atoms with Crippen LogP contribution in [0.4, 0.5) is 0 Å². The predicted molar refractivity (Wildman–Crippen MR) is 51.1 cm³/mol. The molecule has 2 rings (SSSR count). The summed E-state index contributed by atoms with van der Waals surface area (Å²) in [5.74, 6) is 0.439. The summed E-state index contributed by atoms with van der Waals surface area (Å²) in [6, 6.07) is 0. The van der Waals surface area contributed by atoms with Gasteiger partial charge in [-0.1, -0.05) is 0 Å². The Morgan fingerprint density at radius 3 is 2.38 bits per heavy atom. The lowest BCUT2D eigenvalue weighted by atomic mass is 9.76. The Kier molecular flexibility index (Phi) is 2.61. The van der Waals surface area contributed by atoms with Gasteiger partial charge in [0.2, 0.25) is 0 Å². The fourth-order valence-corrected chi connectivity index (χ4v) is 2.86. The van der Waals surface area contributed by atoms with Gasteiger partial charge in [0.15, 0.2) is 0 Å². The second kappa shape index (κ2) is 3.58. The van der Waals surface area contributed by atoms with Crippen molar-refractivity contribution >= 4 is 0 Å². The molecule has 2 heteroatoms. The molecule has 1 radical (unpaired) electrons. The second-order valence-electron chi connectivity index (χ2n) is 4.64. The Bertz CT molecular complexity index is 175. The number of hydrogen-bond acceptors (Lipinski definition) is 2. The third-order valence-corrected chi connectivity index (χ3v) is 3.70. The fraction of sp³-hybridized carbons (Fsp3) is 0.909. The average molecular weight is 183 g/mol. The SMILES string of the molecule is OC1CCC(O)(C2CC[CH]CC2)C1. The molecular formula is C11H19O2. The minimum absolute atomic E-state index is 0.254. The Hall–Kier alpha value is -0.0800. The molecular weight excluding hydrogens is 164 g/mol. The van der Waals surface area contributed by atoms with Crippen LogP contribution < -0.4 is 0 Å². The third kappa shape index (κ3) is 1.89. The van der Waals surface area contributed by atoms with E-state index >= 15 is 0 Å². The highest BCUT2D eigenvalue weighted by Crippen LogP contribution is 2.42. The summed E-state index contributed by atoms with van der Waals surface area (Å²) in [5, 5.41) is 19.7. The summed E-state index contributed by atoms with van der Waals surface area (Å²) in [6.07, 6.45) is 8.77. The van der Waals surface area contributed by atoms with Crippen LogP contribution in [0, 0.1) is 12.3 Å². The standard InChI is InChI=1S/C11H19O2/c12-10-6-7-11(13,8-10)9-4-2-1-3-5-9/h1,9-10,12-13H,2-8H2. The van der Waals surface area contributed by atoms with E-state index in [0.29, 0.717) is 12.3 Å². The van der Waals surface area contributed by atoms with Gasteiger partial charge in [-0.15, -0.1) is 0 Å². The van der Waals surface area contributed by atoms with Gasteiger partial charge in [-0.3, -0.25) is 0 Å². The number of aliphatic hydroxyl groups is 2. The van der Waals surface area contributed by atoms with Crippen LogP contribution in [0.5, 0.6) is 0 Å². The van der Waals surface area contributed by atoms with E-state index in [1.54, 1.807) is 0 Å². The maximum Gasteiger partial charge on any atom is 0.0701 e. The van der Waals surface area contributed by atoms with Crippen molar-refractivity contribution in [1.29, 1.82) is 0 Å². The maximum absolute atomic E-state index is 10.3. The number of hydrogen-bond donors (Lipinski definition) is 2. The summed E-state index contributed by atoms with van der Waals surface area (Å²) >= 11 is 0. The summed E-state index contributed by atoms with van der Waals surface area (Å²) in [5.41, 5.74) is -0.534. The molecule has 0 aliphatic heterocycles. The molecule has 0 spiro atoms. The topological polar surface area (TPSA) is 40.5 Å². The Balaban J connectivity index is 1.97. The third-order valence-electron chi connectivity index (χ3n) is 3.70. The Morgan fingerprint density at radius 1 is 1.15 bits per heavy atom. The summed E-state index contributed by atoms with van der Waals surface area (Å²) < 4.78 is 0. The van der Waals surface area contributed by atoms with Crippen LogP contribution in [-0.4, -0.2) is 21.9 Å². The van der Waals surface area contributed by atoms with Gasteiger partial charge >= 0.3 is 0 Å². The highest BCUT2D eigenvalue weighted by Gasteiger charge is 2.42. The van der Waals surface area contributed by atoms with Crippen molar-refractivity contribution in [2.45, 2.75) is 56.7 Å². The first-order chi connectivity index (χ1) is 6.21. The van der Waals surface area contributed by atoms with Gasteiger partial charge in [-0.2, -0.15) is 0 Å². The van der Waals surface area contributed by atoms with Crippen molar-refractivity contribution < 1.29 is 10.2 Å². The van der Waals surface area contributed by atoms with Crippen molar-refractivity contribution in [3.05, 3.63) is 6.42 Å². The van der Waals surface area contributed by atoms with Crippen LogP contribution in [-0.2, 0) is 0 Å². The van der Waals surface area contributed by atoms with Crippen molar-refractivity contribution in [3.63, 3.8) is 0 Å². The smallest absolute Gasteiger partial charge is 0.0701 e. The van der Waals surface area contributed by atoms with Gasteiger partial charge in [0.25, 0.3) is 0 Å². The van der Waals surface area contributed by atoms with Gasteiger partial charge < -0.3 is 10.2 Å². The van der Waals surface area contributed by atoms with Crippen LogP contribution in [0.1, 0.15) is 44.9 Å². The molecule has 2 atom stereocenters. The van der Waals surface area contributed by atoms with E-state index in [4.69, 9.17) is 0 Å². The maximum atomic E-state index is 10.3. The van der Waals surface area contributed by atoms with Gasteiger partial charge in [0.05, 0.1) is 11.7 Å². The highest BCUT2D eigenvalue weighted by atomic mass is 16.3. The van der Waals surface area contributed by atoms with Gasteiger partial charge in [0, 0.05) is 6.42 Å². The predicted octanol–water partition coefficient (Wildman–Crippen LogP) is 1.66. The van der Waals surface area contributed by atoms with Gasteiger partial charge in [0.1, 0.15) is 0 Å². The zero-order valence-electron chi connectivity index (χ0n) is 8.08. The normalized spacial score (nSPS) is 42.5. The largest absolute Gasteiger partial charge is 0.393 e. The molecule has 75 valence electrons. The Morgan fingerprint density at radius 2 is 1.85 bits per heavy atom. The highest BCUT2D eigenvalue weighted by molar-refractivity contribution is 4.96. The number of rotatable bonds is 1. The molecule has 2 fully saturated rings. The molecule has 2 unspecified atom stereocenters. The van der Waals surface area contributed by atoms with E-state index in [1.165, 1.54) is 0 Å².